The largest absolute Gasteiger partial charge is 0.418 e. The number of para-hydroxylation sites is 2. The summed E-state index contributed by atoms with van der Waals surface area (Å²) in [4.78, 5) is 12.6. The average Bonchev–Trinajstić information content (AvgIpc) is 2.90. The third-order valence-electron chi connectivity index (χ3n) is 4.25. The Hall–Kier alpha value is -3.09. The molecule has 1 heterocycles. The molecule has 3 nitrogen and oxygen atoms in total. The Balaban J connectivity index is 2.04. The minimum absolute atomic E-state index is 0.00277. The predicted molar refractivity (Wildman–Crippen MR) is 94.6 cm³/mol. The van der Waals surface area contributed by atoms with Gasteiger partial charge in [0.2, 0.25) is 0 Å². The predicted octanol–water partition coefficient (Wildman–Crippen LogP) is 5.50. The highest BCUT2D eigenvalue weighted by molar-refractivity contribution is 6.05. The number of benzene rings is 2. The molecule has 0 aliphatic rings. The standard InChI is InChI=1S/C20H16F4N2O/c1-12-11-14(19(27)25-17-9-5-4-8-16(17)21)13(2)26(12)18-10-6-3-7-15(18)20(22,23)24/h3-11H,1-2H3,(H,25,27). The van der Waals surface area contributed by atoms with Crippen LogP contribution in [0.25, 0.3) is 5.69 Å². The molecule has 0 aliphatic carbocycles. The van der Waals surface area contributed by atoms with Crippen LogP contribution >= 0.6 is 0 Å². The van der Waals surface area contributed by atoms with Gasteiger partial charge in [-0.05, 0) is 44.2 Å². The zero-order valence-electron chi connectivity index (χ0n) is 14.6. The molecule has 1 N–H and O–H groups in total. The van der Waals surface area contributed by atoms with E-state index in [0.717, 1.165) is 6.07 Å². The van der Waals surface area contributed by atoms with E-state index < -0.39 is 23.5 Å². The second-order valence-corrected chi connectivity index (χ2v) is 6.07. The van der Waals surface area contributed by atoms with Gasteiger partial charge in [-0.15, -0.1) is 0 Å². The van der Waals surface area contributed by atoms with Crippen molar-refractivity contribution >= 4 is 11.6 Å². The van der Waals surface area contributed by atoms with Crippen LogP contribution in [0.4, 0.5) is 23.2 Å². The molecule has 0 radical (unpaired) electrons. The van der Waals surface area contributed by atoms with Crippen molar-refractivity contribution in [2.45, 2.75) is 20.0 Å². The topological polar surface area (TPSA) is 34.0 Å². The van der Waals surface area contributed by atoms with Crippen molar-refractivity contribution < 1.29 is 22.4 Å². The summed E-state index contributed by atoms with van der Waals surface area (Å²) in [5, 5.41) is 2.45. The van der Waals surface area contributed by atoms with E-state index >= 15 is 0 Å². The lowest BCUT2D eigenvalue weighted by molar-refractivity contribution is -0.137. The normalized spacial score (nSPS) is 11.5. The summed E-state index contributed by atoms with van der Waals surface area (Å²) in [5.41, 5.74) is 0.106. The lowest BCUT2D eigenvalue weighted by Crippen LogP contribution is -2.15. The first-order valence-corrected chi connectivity index (χ1v) is 8.11. The maximum absolute atomic E-state index is 13.8. The Labute approximate surface area is 153 Å². The summed E-state index contributed by atoms with van der Waals surface area (Å²) in [6.45, 7) is 3.16. The molecule has 3 rings (SSSR count). The van der Waals surface area contributed by atoms with Crippen molar-refractivity contribution in [3.05, 3.63) is 82.9 Å². The molecule has 140 valence electrons. The number of amides is 1. The monoisotopic (exact) mass is 376 g/mol. The number of nitrogens with one attached hydrogen (secondary N) is 1. The lowest BCUT2D eigenvalue weighted by Gasteiger charge is -2.16. The fourth-order valence-corrected chi connectivity index (χ4v) is 3.02. The van der Waals surface area contributed by atoms with E-state index in [1.807, 2.05) is 0 Å². The van der Waals surface area contributed by atoms with E-state index in [0.29, 0.717) is 11.4 Å². The first kappa shape index (κ1) is 18.7. The molecular formula is C20H16F4N2O. The number of carbonyl (C=O) groups excluding carboxylic acids is 1. The number of aromatic nitrogens is 1. The van der Waals surface area contributed by atoms with Gasteiger partial charge in [-0.25, -0.2) is 4.39 Å². The van der Waals surface area contributed by atoms with Gasteiger partial charge in [0, 0.05) is 11.4 Å². The number of alkyl halides is 3. The number of nitrogens with zero attached hydrogens (tertiary/aromatic N) is 1. The van der Waals surface area contributed by atoms with E-state index in [2.05, 4.69) is 5.32 Å². The number of rotatable bonds is 3. The van der Waals surface area contributed by atoms with E-state index in [9.17, 15) is 22.4 Å². The first-order valence-electron chi connectivity index (χ1n) is 8.11. The van der Waals surface area contributed by atoms with Gasteiger partial charge in [-0.1, -0.05) is 24.3 Å². The van der Waals surface area contributed by atoms with Crippen LogP contribution in [0.5, 0.6) is 0 Å². The zero-order chi connectivity index (χ0) is 19.8. The van der Waals surface area contributed by atoms with Crippen molar-refractivity contribution in [2.24, 2.45) is 0 Å². The molecule has 0 unspecified atom stereocenters. The molecule has 27 heavy (non-hydrogen) atoms. The van der Waals surface area contributed by atoms with Gasteiger partial charge in [-0.3, -0.25) is 4.79 Å². The Morgan fingerprint density at radius 1 is 1.00 bits per heavy atom. The van der Waals surface area contributed by atoms with Crippen LogP contribution in [0.2, 0.25) is 0 Å². The minimum Gasteiger partial charge on any atom is -0.319 e. The van der Waals surface area contributed by atoms with Crippen molar-refractivity contribution in [1.29, 1.82) is 0 Å². The molecule has 7 heteroatoms. The van der Waals surface area contributed by atoms with Crippen LogP contribution in [-0.2, 0) is 6.18 Å². The average molecular weight is 376 g/mol. The fraction of sp³-hybridized carbons (Fsp3) is 0.150. The van der Waals surface area contributed by atoms with Gasteiger partial charge in [0.1, 0.15) is 5.82 Å². The summed E-state index contributed by atoms with van der Waals surface area (Å²) in [6, 6.07) is 12.3. The van der Waals surface area contributed by atoms with Crippen molar-refractivity contribution in [3.63, 3.8) is 0 Å². The third-order valence-corrected chi connectivity index (χ3v) is 4.25. The quantitative estimate of drug-likeness (QED) is 0.602. The second kappa shape index (κ2) is 6.90. The van der Waals surface area contributed by atoms with Crippen LogP contribution in [0.3, 0.4) is 0 Å². The van der Waals surface area contributed by atoms with Crippen LogP contribution in [0.1, 0.15) is 27.3 Å². The van der Waals surface area contributed by atoms with Crippen LogP contribution in [0.15, 0.2) is 54.6 Å². The van der Waals surface area contributed by atoms with Gasteiger partial charge < -0.3 is 9.88 Å². The van der Waals surface area contributed by atoms with Gasteiger partial charge in [0.05, 0.1) is 22.5 Å². The van der Waals surface area contributed by atoms with E-state index in [4.69, 9.17) is 0 Å². The molecule has 0 aliphatic heterocycles. The van der Waals surface area contributed by atoms with Gasteiger partial charge in [0.25, 0.3) is 5.91 Å². The van der Waals surface area contributed by atoms with Crippen molar-refractivity contribution in [3.8, 4) is 5.69 Å². The van der Waals surface area contributed by atoms with E-state index in [1.54, 1.807) is 19.9 Å². The van der Waals surface area contributed by atoms with Crippen molar-refractivity contribution in [2.75, 3.05) is 5.32 Å². The van der Waals surface area contributed by atoms with Crippen LogP contribution in [-0.4, -0.2) is 10.5 Å². The summed E-state index contributed by atoms with van der Waals surface area (Å²) in [6.07, 6.45) is -4.53. The maximum atomic E-state index is 13.8. The highest BCUT2D eigenvalue weighted by Gasteiger charge is 2.34. The van der Waals surface area contributed by atoms with Crippen LogP contribution < -0.4 is 5.32 Å². The number of halogens is 4. The Kier molecular flexibility index (Phi) is 4.78. The molecule has 3 aromatic rings. The molecule has 1 aromatic heterocycles. The molecule has 0 atom stereocenters. The number of aryl methyl sites for hydroxylation is 1. The molecule has 0 spiro atoms. The molecule has 1 amide bonds. The SMILES string of the molecule is Cc1cc(C(=O)Nc2ccccc2F)c(C)n1-c1ccccc1C(F)(F)F. The summed E-state index contributed by atoms with van der Waals surface area (Å²) >= 11 is 0. The zero-order valence-corrected chi connectivity index (χ0v) is 14.6. The second-order valence-electron chi connectivity index (χ2n) is 6.07. The summed E-state index contributed by atoms with van der Waals surface area (Å²) in [5.74, 6) is -1.19. The molecule has 0 bridgehead atoms. The fourth-order valence-electron chi connectivity index (χ4n) is 3.02. The molecule has 2 aromatic carbocycles. The first-order chi connectivity index (χ1) is 12.7. The Morgan fingerprint density at radius 2 is 1.63 bits per heavy atom. The minimum atomic E-state index is -4.53. The summed E-state index contributed by atoms with van der Waals surface area (Å²) < 4.78 is 55.2. The van der Waals surface area contributed by atoms with Gasteiger partial charge in [-0.2, -0.15) is 13.2 Å². The Morgan fingerprint density at radius 3 is 2.30 bits per heavy atom. The lowest BCUT2D eigenvalue weighted by atomic mass is 10.1. The number of hydrogen-bond acceptors (Lipinski definition) is 1. The van der Waals surface area contributed by atoms with E-state index in [-0.39, 0.29) is 16.9 Å². The van der Waals surface area contributed by atoms with Gasteiger partial charge in [0.15, 0.2) is 0 Å². The number of hydrogen-bond donors (Lipinski definition) is 1. The van der Waals surface area contributed by atoms with Gasteiger partial charge >= 0.3 is 6.18 Å². The molecule has 0 saturated heterocycles. The smallest absolute Gasteiger partial charge is 0.319 e. The molecular weight excluding hydrogens is 360 g/mol. The Bertz CT molecular complexity index is 1010. The van der Waals surface area contributed by atoms with E-state index in [1.165, 1.54) is 47.0 Å². The van der Waals surface area contributed by atoms with Crippen LogP contribution in [0, 0.1) is 19.7 Å². The highest BCUT2D eigenvalue weighted by Crippen LogP contribution is 2.35. The summed E-state index contributed by atoms with van der Waals surface area (Å²) in [7, 11) is 0. The molecule has 0 fully saturated rings. The maximum Gasteiger partial charge on any atom is 0.418 e. The highest BCUT2D eigenvalue weighted by atomic mass is 19.4. The third kappa shape index (κ3) is 3.58. The number of carbonyl (C=O) groups is 1. The molecule has 0 saturated carbocycles. The van der Waals surface area contributed by atoms with Crippen molar-refractivity contribution in [1.82, 2.24) is 4.57 Å². The number of anilines is 1.